The maximum atomic E-state index is 13.4. The van der Waals surface area contributed by atoms with Crippen molar-refractivity contribution in [3.8, 4) is 0 Å². The summed E-state index contributed by atoms with van der Waals surface area (Å²) < 4.78 is 18.2. The summed E-state index contributed by atoms with van der Waals surface area (Å²) in [5.74, 6) is -0.996. The van der Waals surface area contributed by atoms with E-state index in [9.17, 15) is 14.0 Å². The lowest BCUT2D eigenvalue weighted by Gasteiger charge is -2.31. The number of carbonyl (C=O) groups excluding carboxylic acids is 2. The second-order valence-corrected chi connectivity index (χ2v) is 6.61. The van der Waals surface area contributed by atoms with Crippen LogP contribution in [0.4, 0.5) is 4.39 Å². The van der Waals surface area contributed by atoms with Crippen LogP contribution in [0.1, 0.15) is 30.5 Å². The van der Waals surface area contributed by atoms with Gasteiger partial charge in [-0.2, -0.15) is 0 Å². The quantitative estimate of drug-likeness (QED) is 0.628. The molecule has 0 aliphatic rings. The summed E-state index contributed by atoms with van der Waals surface area (Å²) in [5.41, 5.74) is 2.36. The van der Waals surface area contributed by atoms with Gasteiger partial charge in [-0.3, -0.25) is 9.59 Å². The molecule has 1 amide bonds. The zero-order chi connectivity index (χ0) is 20.1. The molecule has 3 rings (SSSR count). The van der Waals surface area contributed by atoms with Gasteiger partial charge in [0.1, 0.15) is 12.4 Å². The van der Waals surface area contributed by atoms with Crippen molar-refractivity contribution < 1.29 is 18.7 Å². The van der Waals surface area contributed by atoms with Crippen LogP contribution >= 0.6 is 0 Å². The van der Waals surface area contributed by atoms with E-state index in [1.807, 2.05) is 37.3 Å². The number of ether oxygens (including phenoxy) is 1. The normalized spacial score (nSPS) is 12.0. The molecule has 146 valence electrons. The van der Waals surface area contributed by atoms with Gasteiger partial charge in [-0.1, -0.05) is 37.3 Å². The first-order chi connectivity index (χ1) is 13.5. The van der Waals surface area contributed by atoms with Crippen LogP contribution in [-0.2, 0) is 20.7 Å². The molecule has 0 saturated carbocycles. The van der Waals surface area contributed by atoms with Crippen LogP contribution in [0, 0.1) is 5.82 Å². The number of nitrogens with zero attached hydrogens (tertiary/aromatic N) is 1. The Balaban J connectivity index is 1.90. The highest BCUT2D eigenvalue weighted by atomic mass is 19.1. The standard InChI is InChI=1S/C22H23FN2O3/c1-3-20(15-7-5-4-6-8-15)25(14-22(27)28-2)21(26)11-16-13-24-19-12-17(23)9-10-18(16)19/h4-10,12-13,20,24H,3,11,14H2,1-2H3/t20-/m1/s1. The molecule has 0 aliphatic carbocycles. The van der Waals surface area contributed by atoms with Crippen molar-refractivity contribution in [1.82, 2.24) is 9.88 Å². The summed E-state index contributed by atoms with van der Waals surface area (Å²) in [6.07, 6.45) is 2.47. The highest BCUT2D eigenvalue weighted by Gasteiger charge is 2.27. The van der Waals surface area contributed by atoms with Crippen LogP contribution in [0.2, 0.25) is 0 Å². The first-order valence-electron chi connectivity index (χ1n) is 9.20. The average molecular weight is 382 g/mol. The molecule has 6 heteroatoms. The van der Waals surface area contributed by atoms with Gasteiger partial charge in [0.2, 0.25) is 5.91 Å². The molecule has 3 aromatic rings. The maximum absolute atomic E-state index is 13.4. The number of methoxy groups -OCH3 is 1. The Morgan fingerprint density at radius 3 is 2.61 bits per heavy atom. The van der Waals surface area contributed by atoms with E-state index in [1.54, 1.807) is 17.2 Å². The van der Waals surface area contributed by atoms with Crippen molar-refractivity contribution in [2.75, 3.05) is 13.7 Å². The highest BCUT2D eigenvalue weighted by molar-refractivity contribution is 5.90. The van der Waals surface area contributed by atoms with E-state index in [1.165, 1.54) is 19.2 Å². The fourth-order valence-corrected chi connectivity index (χ4v) is 3.46. The second-order valence-electron chi connectivity index (χ2n) is 6.61. The third-order valence-corrected chi connectivity index (χ3v) is 4.87. The van der Waals surface area contributed by atoms with E-state index in [0.717, 1.165) is 16.5 Å². The number of carbonyl (C=O) groups is 2. The molecular formula is C22H23FN2O3. The third-order valence-electron chi connectivity index (χ3n) is 4.87. The number of nitrogens with one attached hydrogen (secondary N) is 1. The smallest absolute Gasteiger partial charge is 0.325 e. The van der Waals surface area contributed by atoms with Gasteiger partial charge in [0.25, 0.3) is 0 Å². The molecule has 0 aliphatic heterocycles. The molecule has 0 bridgehead atoms. The van der Waals surface area contributed by atoms with E-state index in [2.05, 4.69) is 4.98 Å². The zero-order valence-corrected chi connectivity index (χ0v) is 15.9. The Kier molecular flexibility index (Phi) is 6.09. The van der Waals surface area contributed by atoms with Crippen LogP contribution in [0.15, 0.2) is 54.7 Å². The van der Waals surface area contributed by atoms with Crippen molar-refractivity contribution in [3.63, 3.8) is 0 Å². The van der Waals surface area contributed by atoms with Crippen LogP contribution < -0.4 is 0 Å². The summed E-state index contributed by atoms with van der Waals surface area (Å²) in [6.45, 7) is 1.85. The first-order valence-corrected chi connectivity index (χ1v) is 9.20. The minimum Gasteiger partial charge on any atom is -0.468 e. The molecule has 1 atom stereocenters. The molecule has 0 fully saturated rings. The topological polar surface area (TPSA) is 62.4 Å². The van der Waals surface area contributed by atoms with Gasteiger partial charge in [-0.25, -0.2) is 4.39 Å². The lowest BCUT2D eigenvalue weighted by Crippen LogP contribution is -2.40. The van der Waals surface area contributed by atoms with Gasteiger partial charge in [-0.15, -0.1) is 0 Å². The number of hydrogen-bond donors (Lipinski definition) is 1. The number of aromatic amines is 1. The number of esters is 1. The second kappa shape index (κ2) is 8.69. The molecule has 0 spiro atoms. The monoisotopic (exact) mass is 382 g/mol. The van der Waals surface area contributed by atoms with E-state index >= 15 is 0 Å². The number of H-pyrrole nitrogens is 1. The van der Waals surface area contributed by atoms with Gasteiger partial charge >= 0.3 is 5.97 Å². The van der Waals surface area contributed by atoms with Crippen LogP contribution in [0.3, 0.4) is 0 Å². The zero-order valence-electron chi connectivity index (χ0n) is 15.9. The van der Waals surface area contributed by atoms with Gasteiger partial charge in [0, 0.05) is 17.1 Å². The van der Waals surface area contributed by atoms with Gasteiger partial charge < -0.3 is 14.6 Å². The Hall–Kier alpha value is -3.15. The van der Waals surface area contributed by atoms with Crippen molar-refractivity contribution in [3.05, 3.63) is 71.7 Å². The third kappa shape index (κ3) is 4.22. The fourth-order valence-electron chi connectivity index (χ4n) is 3.46. The van der Waals surface area contributed by atoms with E-state index < -0.39 is 5.97 Å². The van der Waals surface area contributed by atoms with Gasteiger partial charge in [-0.05, 0) is 35.7 Å². The Labute approximate surface area is 163 Å². The van der Waals surface area contributed by atoms with Crippen molar-refractivity contribution >= 4 is 22.8 Å². The molecule has 0 unspecified atom stereocenters. The predicted molar refractivity (Wildman–Crippen MR) is 105 cm³/mol. The minimum atomic E-state index is -0.469. The van der Waals surface area contributed by atoms with Crippen LogP contribution in [0.25, 0.3) is 10.9 Å². The number of aromatic nitrogens is 1. The molecular weight excluding hydrogens is 359 g/mol. The first kappa shape index (κ1) is 19.6. The van der Waals surface area contributed by atoms with Crippen molar-refractivity contribution in [2.45, 2.75) is 25.8 Å². The van der Waals surface area contributed by atoms with Crippen LogP contribution in [0.5, 0.6) is 0 Å². The number of hydrogen-bond acceptors (Lipinski definition) is 3. The molecule has 0 saturated heterocycles. The molecule has 1 aromatic heterocycles. The predicted octanol–water partition coefficient (Wildman–Crippen LogP) is 4.00. The van der Waals surface area contributed by atoms with Crippen molar-refractivity contribution in [2.24, 2.45) is 0 Å². The average Bonchev–Trinajstić information content (AvgIpc) is 3.10. The SMILES string of the molecule is CC[C@H](c1ccccc1)N(CC(=O)OC)C(=O)Cc1c[nH]c2cc(F)ccc12. The minimum absolute atomic E-state index is 0.103. The number of rotatable bonds is 7. The lowest BCUT2D eigenvalue weighted by molar-refractivity contribution is -0.148. The molecule has 28 heavy (non-hydrogen) atoms. The molecule has 1 heterocycles. The van der Waals surface area contributed by atoms with E-state index in [0.29, 0.717) is 11.9 Å². The summed E-state index contributed by atoms with van der Waals surface area (Å²) >= 11 is 0. The van der Waals surface area contributed by atoms with Gasteiger partial charge in [0.15, 0.2) is 0 Å². The van der Waals surface area contributed by atoms with Gasteiger partial charge in [0.05, 0.1) is 19.6 Å². The summed E-state index contributed by atoms with van der Waals surface area (Å²) in [5, 5.41) is 0.792. The molecule has 2 aromatic carbocycles. The molecule has 0 radical (unpaired) electrons. The molecule has 1 N–H and O–H groups in total. The number of amides is 1. The summed E-state index contributed by atoms with van der Waals surface area (Å²) in [4.78, 5) is 29.7. The number of benzene rings is 2. The Morgan fingerprint density at radius 1 is 1.18 bits per heavy atom. The summed E-state index contributed by atoms with van der Waals surface area (Å²) in [7, 11) is 1.31. The molecule has 5 nitrogen and oxygen atoms in total. The van der Waals surface area contributed by atoms with E-state index in [-0.39, 0.29) is 30.7 Å². The summed E-state index contributed by atoms with van der Waals surface area (Å²) in [6, 6.07) is 13.8. The lowest BCUT2D eigenvalue weighted by atomic mass is 10.0. The highest BCUT2D eigenvalue weighted by Crippen LogP contribution is 2.26. The maximum Gasteiger partial charge on any atom is 0.325 e. The largest absolute Gasteiger partial charge is 0.468 e. The van der Waals surface area contributed by atoms with Crippen molar-refractivity contribution in [1.29, 1.82) is 0 Å². The Bertz CT molecular complexity index is 968. The van der Waals surface area contributed by atoms with E-state index in [4.69, 9.17) is 4.74 Å². The number of halogens is 1. The number of fused-ring (bicyclic) bond motifs is 1. The fraction of sp³-hybridized carbons (Fsp3) is 0.273. The van der Waals surface area contributed by atoms with Crippen LogP contribution in [-0.4, -0.2) is 35.4 Å². The Morgan fingerprint density at radius 2 is 1.93 bits per heavy atom.